The molecule has 6 nitrogen and oxygen atoms in total. The molecule has 2 rings (SSSR count). The summed E-state index contributed by atoms with van der Waals surface area (Å²) in [5, 5.41) is 11.7. The van der Waals surface area contributed by atoms with Crippen LogP contribution in [0.2, 0.25) is 0 Å². The van der Waals surface area contributed by atoms with Crippen LogP contribution in [0, 0.1) is 0 Å². The molecule has 0 heterocycles. The van der Waals surface area contributed by atoms with Gasteiger partial charge in [-0.05, 0) is 56.7 Å². The van der Waals surface area contributed by atoms with Gasteiger partial charge in [-0.15, -0.1) is 0 Å². The van der Waals surface area contributed by atoms with Crippen molar-refractivity contribution in [2.75, 3.05) is 12.4 Å². The maximum absolute atomic E-state index is 11.8. The standard InChI is InChI=1S/C19H21NO5/c1-19(2,3)25-18(23)20-14-8-5-12(6-9-14)15-10-7-13(17(21)22)11-16(15)24-4/h5-11H,1-4H3,(H,20,23)(H,21,22). The minimum atomic E-state index is -1.01. The van der Waals surface area contributed by atoms with E-state index in [-0.39, 0.29) is 5.56 Å². The lowest BCUT2D eigenvalue weighted by Crippen LogP contribution is -2.27. The Morgan fingerprint density at radius 1 is 1.04 bits per heavy atom. The van der Waals surface area contributed by atoms with Crippen molar-refractivity contribution in [3.05, 3.63) is 48.0 Å². The van der Waals surface area contributed by atoms with Gasteiger partial charge in [-0.25, -0.2) is 9.59 Å². The summed E-state index contributed by atoms with van der Waals surface area (Å²) < 4.78 is 10.5. The van der Waals surface area contributed by atoms with Crippen molar-refractivity contribution in [1.29, 1.82) is 0 Å². The highest BCUT2D eigenvalue weighted by molar-refractivity contribution is 5.90. The lowest BCUT2D eigenvalue weighted by molar-refractivity contribution is 0.0634. The van der Waals surface area contributed by atoms with Crippen molar-refractivity contribution in [2.45, 2.75) is 26.4 Å². The average Bonchev–Trinajstić information content (AvgIpc) is 2.53. The average molecular weight is 343 g/mol. The van der Waals surface area contributed by atoms with Crippen LogP contribution in [0.5, 0.6) is 5.75 Å². The molecule has 0 atom stereocenters. The number of rotatable bonds is 4. The summed E-state index contributed by atoms with van der Waals surface area (Å²) in [6.45, 7) is 5.38. The maximum Gasteiger partial charge on any atom is 0.412 e. The van der Waals surface area contributed by atoms with Crippen molar-refractivity contribution in [1.82, 2.24) is 0 Å². The summed E-state index contributed by atoms with van der Waals surface area (Å²) in [6, 6.07) is 11.8. The van der Waals surface area contributed by atoms with Crippen LogP contribution in [0.3, 0.4) is 0 Å². The Morgan fingerprint density at radius 2 is 1.68 bits per heavy atom. The van der Waals surface area contributed by atoms with Gasteiger partial charge in [0.25, 0.3) is 0 Å². The van der Waals surface area contributed by atoms with Crippen LogP contribution in [0.15, 0.2) is 42.5 Å². The molecule has 2 N–H and O–H groups in total. The number of hydrogen-bond donors (Lipinski definition) is 2. The Bertz CT molecular complexity index is 775. The molecule has 2 aromatic carbocycles. The van der Waals surface area contributed by atoms with E-state index in [9.17, 15) is 9.59 Å². The predicted molar refractivity (Wildman–Crippen MR) is 95.2 cm³/mol. The normalized spacial score (nSPS) is 10.9. The van der Waals surface area contributed by atoms with E-state index in [0.717, 1.165) is 11.1 Å². The third kappa shape index (κ3) is 4.97. The highest BCUT2D eigenvalue weighted by Gasteiger charge is 2.16. The van der Waals surface area contributed by atoms with Gasteiger partial charge in [0.1, 0.15) is 11.4 Å². The number of benzene rings is 2. The molecule has 0 saturated carbocycles. The number of aromatic carboxylic acids is 1. The van der Waals surface area contributed by atoms with Crippen molar-refractivity contribution < 1.29 is 24.2 Å². The van der Waals surface area contributed by atoms with E-state index in [4.69, 9.17) is 14.6 Å². The fourth-order valence-corrected chi connectivity index (χ4v) is 2.22. The SMILES string of the molecule is COc1cc(C(=O)O)ccc1-c1ccc(NC(=O)OC(C)(C)C)cc1. The van der Waals surface area contributed by atoms with Crippen molar-refractivity contribution in [3.8, 4) is 16.9 Å². The molecule has 0 spiro atoms. The molecule has 0 unspecified atom stereocenters. The number of anilines is 1. The first-order valence-electron chi connectivity index (χ1n) is 7.71. The number of ether oxygens (including phenoxy) is 2. The zero-order chi connectivity index (χ0) is 18.6. The topological polar surface area (TPSA) is 84.9 Å². The second-order valence-corrected chi connectivity index (χ2v) is 6.42. The summed E-state index contributed by atoms with van der Waals surface area (Å²) in [7, 11) is 1.49. The highest BCUT2D eigenvalue weighted by atomic mass is 16.6. The first kappa shape index (κ1) is 18.3. The number of nitrogens with one attached hydrogen (secondary N) is 1. The van der Waals surface area contributed by atoms with Gasteiger partial charge < -0.3 is 14.6 Å². The first-order chi connectivity index (χ1) is 11.7. The molecule has 25 heavy (non-hydrogen) atoms. The summed E-state index contributed by atoms with van der Waals surface area (Å²) in [5.41, 5.74) is 1.78. The molecule has 0 aromatic heterocycles. The van der Waals surface area contributed by atoms with Gasteiger partial charge in [0.05, 0.1) is 12.7 Å². The summed E-state index contributed by atoms with van der Waals surface area (Å²) >= 11 is 0. The first-order valence-corrected chi connectivity index (χ1v) is 7.71. The Morgan fingerprint density at radius 3 is 2.20 bits per heavy atom. The fraction of sp³-hybridized carbons (Fsp3) is 0.263. The zero-order valence-electron chi connectivity index (χ0n) is 14.6. The molecule has 0 radical (unpaired) electrons. The minimum Gasteiger partial charge on any atom is -0.496 e. The van der Waals surface area contributed by atoms with Gasteiger partial charge in [-0.1, -0.05) is 12.1 Å². The van der Waals surface area contributed by atoms with Gasteiger partial charge >= 0.3 is 12.1 Å². The molecule has 0 saturated heterocycles. The zero-order valence-corrected chi connectivity index (χ0v) is 14.6. The molecule has 6 heteroatoms. The lowest BCUT2D eigenvalue weighted by Gasteiger charge is -2.19. The highest BCUT2D eigenvalue weighted by Crippen LogP contribution is 2.31. The van der Waals surface area contributed by atoms with Crippen LogP contribution in [0.1, 0.15) is 31.1 Å². The second-order valence-electron chi connectivity index (χ2n) is 6.42. The number of methoxy groups -OCH3 is 1. The van der Waals surface area contributed by atoms with Crippen LogP contribution in [0.25, 0.3) is 11.1 Å². The van der Waals surface area contributed by atoms with Gasteiger partial charge in [0, 0.05) is 11.3 Å². The van der Waals surface area contributed by atoms with Crippen LogP contribution in [-0.2, 0) is 4.74 Å². The minimum absolute atomic E-state index is 0.156. The van der Waals surface area contributed by atoms with Crippen LogP contribution >= 0.6 is 0 Å². The van der Waals surface area contributed by atoms with Crippen molar-refractivity contribution >= 4 is 17.7 Å². The maximum atomic E-state index is 11.8. The molecule has 0 fully saturated rings. The Kier molecular flexibility index (Phi) is 5.32. The molecular weight excluding hydrogens is 322 g/mol. The number of amides is 1. The molecule has 0 aliphatic rings. The summed E-state index contributed by atoms with van der Waals surface area (Å²) in [6.07, 6.45) is -0.524. The largest absolute Gasteiger partial charge is 0.496 e. The predicted octanol–water partition coefficient (Wildman–Crippen LogP) is 4.41. The van der Waals surface area contributed by atoms with Crippen LogP contribution in [-0.4, -0.2) is 29.9 Å². The number of carbonyl (C=O) groups excluding carboxylic acids is 1. The Hall–Kier alpha value is -3.02. The second kappa shape index (κ2) is 7.25. The lowest BCUT2D eigenvalue weighted by atomic mass is 10.0. The number of hydrogen-bond acceptors (Lipinski definition) is 4. The van der Waals surface area contributed by atoms with Crippen LogP contribution in [0.4, 0.5) is 10.5 Å². The summed E-state index contributed by atoms with van der Waals surface area (Å²) in [4.78, 5) is 22.8. The number of carboxylic acids is 1. The Labute approximate surface area is 146 Å². The van der Waals surface area contributed by atoms with Crippen molar-refractivity contribution in [2.24, 2.45) is 0 Å². The fourth-order valence-electron chi connectivity index (χ4n) is 2.22. The van der Waals surface area contributed by atoms with E-state index < -0.39 is 17.7 Å². The van der Waals surface area contributed by atoms with Crippen molar-refractivity contribution in [3.63, 3.8) is 0 Å². The molecule has 0 aliphatic heterocycles. The van der Waals surface area contributed by atoms with Gasteiger partial charge in [0.15, 0.2) is 0 Å². The van der Waals surface area contributed by atoms with Crippen LogP contribution < -0.4 is 10.1 Å². The smallest absolute Gasteiger partial charge is 0.412 e. The third-order valence-electron chi connectivity index (χ3n) is 3.29. The van der Waals surface area contributed by atoms with E-state index in [2.05, 4.69) is 5.32 Å². The quantitative estimate of drug-likeness (QED) is 0.859. The number of carboxylic acid groups (broad SMARTS) is 1. The summed E-state index contributed by atoms with van der Waals surface area (Å²) in [5.74, 6) is -0.547. The van der Waals surface area contributed by atoms with E-state index >= 15 is 0 Å². The molecular formula is C19H21NO5. The third-order valence-corrected chi connectivity index (χ3v) is 3.29. The molecule has 132 valence electrons. The van der Waals surface area contributed by atoms with E-state index in [1.165, 1.54) is 19.2 Å². The van der Waals surface area contributed by atoms with E-state index in [1.54, 1.807) is 39.0 Å². The van der Waals surface area contributed by atoms with Gasteiger partial charge in [-0.2, -0.15) is 0 Å². The monoisotopic (exact) mass is 343 g/mol. The molecule has 0 aliphatic carbocycles. The number of carbonyl (C=O) groups is 2. The van der Waals surface area contributed by atoms with E-state index in [0.29, 0.717) is 11.4 Å². The van der Waals surface area contributed by atoms with Gasteiger partial charge in [-0.3, -0.25) is 5.32 Å². The molecule has 0 bridgehead atoms. The van der Waals surface area contributed by atoms with E-state index in [1.807, 2.05) is 12.1 Å². The Balaban J connectivity index is 2.20. The van der Waals surface area contributed by atoms with Gasteiger partial charge in [0.2, 0.25) is 0 Å². The molecule has 2 aromatic rings. The molecule has 1 amide bonds.